The van der Waals surface area contributed by atoms with Gasteiger partial charge in [-0.2, -0.15) is 5.10 Å². The Balaban J connectivity index is 1.68. The fourth-order valence-electron chi connectivity index (χ4n) is 4.25. The first-order valence-electron chi connectivity index (χ1n) is 10.3. The summed E-state index contributed by atoms with van der Waals surface area (Å²) in [7, 11) is 0. The van der Waals surface area contributed by atoms with Crippen molar-refractivity contribution in [3.63, 3.8) is 0 Å². The predicted octanol–water partition coefficient (Wildman–Crippen LogP) is 3.45. The number of hydrogen-bond acceptors (Lipinski definition) is 4. The number of rotatable bonds is 7. The van der Waals surface area contributed by atoms with E-state index in [9.17, 15) is 4.79 Å². The Labute approximate surface area is 176 Å². The maximum Gasteiger partial charge on any atom is 0.274 e. The molecule has 1 aliphatic rings. The minimum Gasteiger partial charge on any atom is -0.330 e. The van der Waals surface area contributed by atoms with E-state index < -0.39 is 0 Å². The van der Waals surface area contributed by atoms with E-state index in [1.807, 2.05) is 48.5 Å². The van der Waals surface area contributed by atoms with E-state index in [1.54, 1.807) is 4.68 Å². The molecule has 0 amide bonds. The third-order valence-corrected chi connectivity index (χ3v) is 6.01. The van der Waals surface area contributed by atoms with Crippen LogP contribution in [-0.2, 0) is 13.0 Å². The van der Waals surface area contributed by atoms with Crippen molar-refractivity contribution in [2.45, 2.75) is 38.3 Å². The lowest BCUT2D eigenvalue weighted by Gasteiger charge is -2.24. The Morgan fingerprint density at radius 2 is 1.86 bits per heavy atom. The van der Waals surface area contributed by atoms with Gasteiger partial charge in [-0.3, -0.25) is 9.69 Å². The Morgan fingerprint density at radius 1 is 1.10 bits per heavy atom. The normalized spacial score (nSPS) is 17.2. The highest BCUT2D eigenvalue weighted by molar-refractivity contribution is 6.30. The van der Waals surface area contributed by atoms with Crippen LogP contribution in [0.1, 0.15) is 30.5 Å². The fraction of sp³-hybridized carbons (Fsp3) is 0.391. The summed E-state index contributed by atoms with van der Waals surface area (Å²) in [6.07, 6.45) is 3.91. The average molecular weight is 411 g/mol. The van der Waals surface area contributed by atoms with Gasteiger partial charge in [-0.1, -0.05) is 41.9 Å². The molecule has 3 aromatic rings. The van der Waals surface area contributed by atoms with Crippen LogP contribution in [0.4, 0.5) is 0 Å². The summed E-state index contributed by atoms with van der Waals surface area (Å²) in [5.74, 6) is 0. The Bertz CT molecular complexity index is 1030. The highest BCUT2D eigenvalue weighted by Gasteiger charge is 2.25. The molecule has 1 aromatic heterocycles. The number of aromatic nitrogens is 2. The molecule has 0 aliphatic carbocycles. The van der Waals surface area contributed by atoms with Crippen molar-refractivity contribution in [3.05, 3.63) is 75.2 Å². The summed E-state index contributed by atoms with van der Waals surface area (Å²) >= 11 is 6.03. The van der Waals surface area contributed by atoms with Gasteiger partial charge >= 0.3 is 0 Å². The highest BCUT2D eigenvalue weighted by atomic mass is 35.5. The lowest BCUT2D eigenvalue weighted by Crippen LogP contribution is -2.38. The van der Waals surface area contributed by atoms with Gasteiger partial charge in [0.2, 0.25) is 0 Å². The molecule has 4 rings (SSSR count). The molecule has 0 bridgehead atoms. The molecule has 152 valence electrons. The Kier molecular flexibility index (Phi) is 6.28. The molecule has 0 saturated carbocycles. The topological polar surface area (TPSA) is 64.2 Å². The van der Waals surface area contributed by atoms with E-state index in [0.717, 1.165) is 59.4 Å². The zero-order valence-electron chi connectivity index (χ0n) is 16.6. The lowest BCUT2D eigenvalue weighted by atomic mass is 10.0. The maximum atomic E-state index is 13.1. The van der Waals surface area contributed by atoms with Gasteiger partial charge in [-0.15, -0.1) is 0 Å². The van der Waals surface area contributed by atoms with Gasteiger partial charge in [0.1, 0.15) is 0 Å². The number of hydrogen-bond donors (Lipinski definition) is 1. The van der Waals surface area contributed by atoms with Gasteiger partial charge in [-0.25, -0.2) is 4.68 Å². The van der Waals surface area contributed by atoms with E-state index in [2.05, 4.69) is 4.90 Å². The number of halogens is 1. The number of benzene rings is 2. The van der Waals surface area contributed by atoms with Gasteiger partial charge in [-0.05, 0) is 62.7 Å². The van der Waals surface area contributed by atoms with Crippen molar-refractivity contribution in [3.8, 4) is 0 Å². The number of likely N-dealkylation sites (tertiary alicyclic amines) is 1. The Hall–Kier alpha value is -2.21. The van der Waals surface area contributed by atoms with Gasteiger partial charge in [0.25, 0.3) is 5.56 Å². The summed E-state index contributed by atoms with van der Waals surface area (Å²) in [5, 5.41) is 7.19. The zero-order valence-corrected chi connectivity index (χ0v) is 17.3. The number of nitrogens with two attached hydrogens (primary N) is 1. The average Bonchev–Trinajstić information content (AvgIpc) is 3.18. The molecule has 5 nitrogen and oxygen atoms in total. The maximum absolute atomic E-state index is 13.1. The highest BCUT2D eigenvalue weighted by Crippen LogP contribution is 2.21. The van der Waals surface area contributed by atoms with Crippen molar-refractivity contribution in [1.82, 2.24) is 14.7 Å². The SMILES string of the molecule is NCCCN1CCCC1Cn1nc(Cc2ccc(Cl)cc2)c2ccccc2c1=O. The van der Waals surface area contributed by atoms with Crippen molar-refractivity contribution in [2.24, 2.45) is 5.73 Å². The van der Waals surface area contributed by atoms with E-state index in [-0.39, 0.29) is 5.56 Å². The molecule has 2 aromatic carbocycles. The molecule has 29 heavy (non-hydrogen) atoms. The van der Waals surface area contributed by atoms with Gasteiger partial charge < -0.3 is 5.73 Å². The molecule has 1 fully saturated rings. The van der Waals surface area contributed by atoms with Crippen LogP contribution >= 0.6 is 11.6 Å². The fourth-order valence-corrected chi connectivity index (χ4v) is 4.37. The number of fused-ring (bicyclic) bond motifs is 1. The van der Waals surface area contributed by atoms with E-state index in [1.165, 1.54) is 0 Å². The van der Waals surface area contributed by atoms with Crippen molar-refractivity contribution < 1.29 is 0 Å². The third kappa shape index (κ3) is 4.53. The molecule has 0 spiro atoms. The molecule has 1 unspecified atom stereocenters. The third-order valence-electron chi connectivity index (χ3n) is 5.76. The van der Waals surface area contributed by atoms with E-state index in [4.69, 9.17) is 22.4 Å². The number of nitrogens with zero attached hydrogens (tertiary/aromatic N) is 3. The van der Waals surface area contributed by atoms with Crippen LogP contribution in [0.25, 0.3) is 10.8 Å². The first-order valence-corrected chi connectivity index (χ1v) is 10.7. The summed E-state index contributed by atoms with van der Waals surface area (Å²) < 4.78 is 1.68. The summed E-state index contributed by atoms with van der Waals surface area (Å²) in [6.45, 7) is 3.39. The van der Waals surface area contributed by atoms with E-state index >= 15 is 0 Å². The second kappa shape index (κ2) is 9.08. The van der Waals surface area contributed by atoms with Crippen LogP contribution in [0, 0.1) is 0 Å². The summed E-state index contributed by atoms with van der Waals surface area (Å²) in [4.78, 5) is 15.6. The van der Waals surface area contributed by atoms with Gasteiger partial charge in [0.15, 0.2) is 0 Å². The van der Waals surface area contributed by atoms with Crippen LogP contribution in [0.3, 0.4) is 0 Å². The molecule has 1 aliphatic heterocycles. The van der Waals surface area contributed by atoms with Gasteiger partial charge in [0.05, 0.1) is 17.6 Å². The summed E-state index contributed by atoms with van der Waals surface area (Å²) in [5.41, 5.74) is 7.74. The molecule has 1 saturated heterocycles. The molecule has 1 atom stereocenters. The molecule has 2 heterocycles. The first-order chi connectivity index (χ1) is 14.2. The van der Waals surface area contributed by atoms with Crippen LogP contribution in [-0.4, -0.2) is 40.4 Å². The zero-order chi connectivity index (χ0) is 20.2. The largest absolute Gasteiger partial charge is 0.330 e. The van der Waals surface area contributed by atoms with Crippen molar-refractivity contribution >= 4 is 22.4 Å². The second-order valence-corrected chi connectivity index (χ2v) is 8.19. The van der Waals surface area contributed by atoms with Crippen molar-refractivity contribution in [1.29, 1.82) is 0 Å². The van der Waals surface area contributed by atoms with E-state index in [0.29, 0.717) is 25.6 Å². The van der Waals surface area contributed by atoms with Crippen LogP contribution in [0.15, 0.2) is 53.3 Å². The molecular formula is C23H27ClN4O. The lowest BCUT2D eigenvalue weighted by molar-refractivity contribution is 0.223. The smallest absolute Gasteiger partial charge is 0.274 e. The van der Waals surface area contributed by atoms with Crippen LogP contribution < -0.4 is 11.3 Å². The molecular weight excluding hydrogens is 384 g/mol. The van der Waals surface area contributed by atoms with Crippen LogP contribution in [0.5, 0.6) is 0 Å². The standard InChI is InChI=1S/C23H27ClN4O/c24-18-10-8-17(9-11-18)15-22-20-6-1-2-7-21(20)23(29)28(26-22)16-19-5-3-13-27(19)14-4-12-25/h1-2,6-11,19H,3-5,12-16,25H2. The van der Waals surface area contributed by atoms with Gasteiger partial charge in [0, 0.05) is 22.9 Å². The molecule has 6 heteroatoms. The molecule has 2 N–H and O–H groups in total. The first kappa shape index (κ1) is 20.1. The monoisotopic (exact) mass is 410 g/mol. The minimum atomic E-state index is -0.00821. The molecule has 0 radical (unpaired) electrons. The predicted molar refractivity (Wildman–Crippen MR) is 119 cm³/mol. The Morgan fingerprint density at radius 3 is 2.62 bits per heavy atom. The quantitative estimate of drug-likeness (QED) is 0.647. The second-order valence-electron chi connectivity index (χ2n) is 7.76. The van der Waals surface area contributed by atoms with Crippen LogP contribution in [0.2, 0.25) is 5.02 Å². The summed E-state index contributed by atoms with van der Waals surface area (Å²) in [6, 6.07) is 15.9. The minimum absolute atomic E-state index is 0.00821. The van der Waals surface area contributed by atoms with Crippen molar-refractivity contribution in [2.75, 3.05) is 19.6 Å².